The quantitative estimate of drug-likeness (QED) is 0.910. The van der Waals surface area contributed by atoms with E-state index in [0.29, 0.717) is 18.8 Å². The number of para-hydroxylation sites is 1. The first kappa shape index (κ1) is 15.9. The van der Waals surface area contributed by atoms with Gasteiger partial charge >= 0.3 is 0 Å². The molecule has 0 unspecified atom stereocenters. The molecule has 0 radical (unpaired) electrons. The van der Waals surface area contributed by atoms with Gasteiger partial charge in [0.2, 0.25) is 6.79 Å². The van der Waals surface area contributed by atoms with E-state index in [2.05, 4.69) is 21.9 Å². The van der Waals surface area contributed by atoms with E-state index < -0.39 is 0 Å². The summed E-state index contributed by atoms with van der Waals surface area (Å²) in [6.45, 7) is 5.85. The molecule has 5 nitrogen and oxygen atoms in total. The summed E-state index contributed by atoms with van der Waals surface area (Å²) >= 11 is 0. The summed E-state index contributed by atoms with van der Waals surface area (Å²) in [5.74, 6) is 3.16. The van der Waals surface area contributed by atoms with Crippen molar-refractivity contribution in [2.45, 2.75) is 44.4 Å². The second-order valence-corrected chi connectivity index (χ2v) is 8.21. The molecule has 1 saturated carbocycles. The number of fused-ring (bicyclic) bond motifs is 2. The average molecular weight is 344 g/mol. The van der Waals surface area contributed by atoms with Crippen LogP contribution in [-0.4, -0.2) is 60.0 Å². The highest BCUT2D eigenvalue weighted by molar-refractivity contribution is 5.48. The minimum Gasteiger partial charge on any atom is -0.454 e. The van der Waals surface area contributed by atoms with E-state index in [1.807, 2.05) is 6.07 Å². The zero-order valence-electron chi connectivity index (χ0n) is 14.8. The highest BCUT2D eigenvalue weighted by Gasteiger charge is 2.43. The molecule has 1 aliphatic carbocycles. The van der Waals surface area contributed by atoms with Gasteiger partial charge in [0.1, 0.15) is 0 Å². The van der Waals surface area contributed by atoms with Gasteiger partial charge in [0.15, 0.2) is 11.5 Å². The minimum absolute atomic E-state index is 0.142. The first-order valence-electron chi connectivity index (χ1n) is 9.80. The third kappa shape index (κ3) is 2.92. The van der Waals surface area contributed by atoms with Crippen LogP contribution in [0, 0.1) is 11.8 Å². The summed E-state index contributed by atoms with van der Waals surface area (Å²) in [4.78, 5) is 5.09. The fourth-order valence-electron chi connectivity index (χ4n) is 5.46. The van der Waals surface area contributed by atoms with E-state index >= 15 is 0 Å². The molecule has 0 bridgehead atoms. The molecular formula is C20H28N2O3. The number of hydrogen-bond acceptors (Lipinski definition) is 5. The lowest BCUT2D eigenvalue weighted by Gasteiger charge is -2.40. The van der Waals surface area contributed by atoms with E-state index in [9.17, 15) is 5.11 Å². The van der Waals surface area contributed by atoms with Gasteiger partial charge in [-0.2, -0.15) is 0 Å². The van der Waals surface area contributed by atoms with Crippen molar-refractivity contribution in [2.75, 3.05) is 33.0 Å². The average Bonchev–Trinajstić information content (AvgIpc) is 3.34. The molecule has 1 aromatic carbocycles. The third-order valence-corrected chi connectivity index (χ3v) is 6.67. The third-order valence-electron chi connectivity index (χ3n) is 6.67. The first-order valence-corrected chi connectivity index (χ1v) is 9.80. The number of ether oxygens (including phenoxy) is 2. The maximum Gasteiger partial charge on any atom is 0.231 e. The Hall–Kier alpha value is -1.30. The Bertz CT molecular complexity index is 631. The monoisotopic (exact) mass is 344 g/mol. The van der Waals surface area contributed by atoms with Crippen LogP contribution in [0.2, 0.25) is 0 Å². The Morgan fingerprint density at radius 2 is 1.84 bits per heavy atom. The van der Waals surface area contributed by atoms with Crippen molar-refractivity contribution in [3.63, 3.8) is 0 Å². The Balaban J connectivity index is 1.26. The first-order chi connectivity index (χ1) is 12.3. The second kappa shape index (κ2) is 6.45. The van der Waals surface area contributed by atoms with Crippen molar-refractivity contribution in [1.29, 1.82) is 0 Å². The lowest BCUT2D eigenvalue weighted by Crippen LogP contribution is -2.48. The topological polar surface area (TPSA) is 45.2 Å². The van der Waals surface area contributed by atoms with E-state index in [0.717, 1.165) is 49.9 Å². The molecule has 5 rings (SSSR count). The number of aliphatic hydroxyl groups is 1. The fraction of sp³-hybridized carbons (Fsp3) is 0.700. The Kier molecular flexibility index (Phi) is 4.11. The van der Waals surface area contributed by atoms with Crippen molar-refractivity contribution in [1.82, 2.24) is 9.80 Å². The largest absolute Gasteiger partial charge is 0.454 e. The number of aliphatic hydroxyl groups excluding tert-OH is 1. The van der Waals surface area contributed by atoms with E-state index in [1.165, 1.54) is 31.5 Å². The van der Waals surface area contributed by atoms with Crippen LogP contribution in [-0.2, 0) is 6.54 Å². The van der Waals surface area contributed by atoms with Crippen molar-refractivity contribution < 1.29 is 14.6 Å². The van der Waals surface area contributed by atoms with Gasteiger partial charge < -0.3 is 14.6 Å². The fourth-order valence-corrected chi connectivity index (χ4v) is 5.46. The molecule has 25 heavy (non-hydrogen) atoms. The van der Waals surface area contributed by atoms with Crippen molar-refractivity contribution in [2.24, 2.45) is 11.8 Å². The molecule has 4 aliphatic rings. The number of nitrogens with zero attached hydrogens (tertiary/aromatic N) is 2. The van der Waals surface area contributed by atoms with Gasteiger partial charge in [-0.3, -0.25) is 9.80 Å². The summed E-state index contributed by atoms with van der Waals surface area (Å²) < 4.78 is 11.2. The molecule has 0 amide bonds. The van der Waals surface area contributed by atoms with E-state index in [-0.39, 0.29) is 6.10 Å². The number of rotatable bonds is 3. The summed E-state index contributed by atoms with van der Waals surface area (Å²) in [6, 6.07) is 6.57. The van der Waals surface area contributed by atoms with E-state index in [4.69, 9.17) is 9.47 Å². The smallest absolute Gasteiger partial charge is 0.231 e. The highest BCUT2D eigenvalue weighted by atomic mass is 16.7. The number of likely N-dealkylation sites (tertiary alicyclic amines) is 2. The Labute approximate surface area is 149 Å². The summed E-state index contributed by atoms with van der Waals surface area (Å²) in [5, 5.41) is 10.7. The van der Waals surface area contributed by atoms with Crippen molar-refractivity contribution in [3.8, 4) is 11.5 Å². The lowest BCUT2D eigenvalue weighted by atomic mass is 9.77. The highest BCUT2D eigenvalue weighted by Crippen LogP contribution is 2.41. The van der Waals surface area contributed by atoms with Crippen LogP contribution in [0.4, 0.5) is 0 Å². The predicted octanol–water partition coefficient (Wildman–Crippen LogP) is 2.08. The van der Waals surface area contributed by atoms with Crippen LogP contribution in [0.3, 0.4) is 0 Å². The van der Waals surface area contributed by atoms with Crippen LogP contribution in [0.1, 0.15) is 31.2 Å². The maximum absolute atomic E-state index is 10.7. The molecule has 3 fully saturated rings. The van der Waals surface area contributed by atoms with Gasteiger partial charge in [-0.05, 0) is 56.7 Å². The van der Waals surface area contributed by atoms with Crippen molar-refractivity contribution in [3.05, 3.63) is 23.8 Å². The SMILES string of the molecule is O[C@@H]1C[C@H]2CN(Cc3cccc4c3OCO4)C[C@H]2C[C@H]1N1CCCC1. The van der Waals surface area contributed by atoms with Gasteiger partial charge in [0.05, 0.1) is 6.10 Å². The molecule has 0 aromatic heterocycles. The molecule has 4 atom stereocenters. The van der Waals surface area contributed by atoms with Gasteiger partial charge in [-0.15, -0.1) is 0 Å². The number of hydrogen-bond donors (Lipinski definition) is 1. The molecule has 1 N–H and O–H groups in total. The summed E-state index contributed by atoms with van der Waals surface area (Å²) in [6.07, 6.45) is 4.58. The molecular weight excluding hydrogens is 316 g/mol. The second-order valence-electron chi connectivity index (χ2n) is 8.21. The van der Waals surface area contributed by atoms with Crippen molar-refractivity contribution >= 4 is 0 Å². The molecule has 3 heterocycles. The molecule has 1 aromatic rings. The van der Waals surface area contributed by atoms with Gasteiger partial charge in [0, 0.05) is 31.2 Å². The Morgan fingerprint density at radius 3 is 2.68 bits per heavy atom. The predicted molar refractivity (Wildman–Crippen MR) is 94.7 cm³/mol. The van der Waals surface area contributed by atoms with Gasteiger partial charge in [0.25, 0.3) is 0 Å². The minimum atomic E-state index is -0.142. The molecule has 2 saturated heterocycles. The van der Waals surface area contributed by atoms with Gasteiger partial charge in [-0.1, -0.05) is 12.1 Å². The van der Waals surface area contributed by atoms with Crippen LogP contribution >= 0.6 is 0 Å². The van der Waals surface area contributed by atoms with Crippen LogP contribution in [0.25, 0.3) is 0 Å². The maximum atomic E-state index is 10.7. The molecule has 0 spiro atoms. The van der Waals surface area contributed by atoms with Crippen LogP contribution < -0.4 is 9.47 Å². The van der Waals surface area contributed by atoms with Crippen LogP contribution in [0.5, 0.6) is 11.5 Å². The zero-order valence-corrected chi connectivity index (χ0v) is 14.8. The zero-order chi connectivity index (χ0) is 16.8. The molecule has 3 aliphatic heterocycles. The summed E-state index contributed by atoms with van der Waals surface area (Å²) in [5.41, 5.74) is 1.23. The number of benzene rings is 1. The normalized spacial score (nSPS) is 35.2. The van der Waals surface area contributed by atoms with Crippen LogP contribution in [0.15, 0.2) is 18.2 Å². The van der Waals surface area contributed by atoms with Gasteiger partial charge in [-0.25, -0.2) is 0 Å². The lowest BCUT2D eigenvalue weighted by molar-refractivity contribution is -0.000861. The Morgan fingerprint density at radius 1 is 1.04 bits per heavy atom. The molecule has 5 heteroatoms. The summed E-state index contributed by atoms with van der Waals surface area (Å²) in [7, 11) is 0. The standard InChI is InChI=1S/C20H28N2O3/c23-18-9-16-12-21(10-14-4-3-5-19-20(14)25-13-24-19)11-15(16)8-17(18)22-6-1-2-7-22/h3-5,15-18,23H,1-2,6-13H2/t15-,16+,17-,18-/m1/s1. The molecule has 136 valence electrons. The van der Waals surface area contributed by atoms with E-state index in [1.54, 1.807) is 0 Å².